The number of carbonyl (C=O) groups is 4. The summed E-state index contributed by atoms with van der Waals surface area (Å²) in [5, 5.41) is 19.7. The Morgan fingerprint density at radius 1 is 1.00 bits per heavy atom. The first-order valence-electron chi connectivity index (χ1n) is 14.8. The van der Waals surface area contributed by atoms with Gasteiger partial charge in [-0.25, -0.2) is 9.59 Å². The molecular formula is C32H46O9. The van der Waals surface area contributed by atoms with Gasteiger partial charge in [-0.15, -0.1) is 0 Å². The van der Waals surface area contributed by atoms with E-state index in [0.717, 1.165) is 32.1 Å². The molecule has 4 unspecified atom stereocenters. The van der Waals surface area contributed by atoms with Crippen LogP contribution in [0.25, 0.3) is 0 Å². The summed E-state index contributed by atoms with van der Waals surface area (Å²) in [7, 11) is 0. The number of aromatic carboxylic acids is 1. The lowest BCUT2D eigenvalue weighted by Crippen LogP contribution is -2.61. The van der Waals surface area contributed by atoms with E-state index in [4.69, 9.17) is 19.3 Å². The van der Waals surface area contributed by atoms with E-state index >= 15 is 0 Å². The third-order valence-electron chi connectivity index (χ3n) is 8.88. The van der Waals surface area contributed by atoms with Crippen LogP contribution in [0.4, 0.5) is 0 Å². The molecule has 4 bridgehead atoms. The van der Waals surface area contributed by atoms with E-state index in [-0.39, 0.29) is 41.2 Å². The second-order valence-corrected chi connectivity index (χ2v) is 13.0. The smallest absolute Gasteiger partial charge is 0.339 e. The van der Waals surface area contributed by atoms with Gasteiger partial charge in [0.05, 0.1) is 28.1 Å². The summed E-state index contributed by atoms with van der Waals surface area (Å²) in [6, 6.07) is 5.78. The molecule has 4 saturated carbocycles. The lowest BCUT2D eigenvalue weighted by Gasteiger charge is -2.59. The summed E-state index contributed by atoms with van der Waals surface area (Å²) in [4.78, 5) is 47.0. The van der Waals surface area contributed by atoms with Crippen molar-refractivity contribution in [2.45, 2.75) is 110 Å². The van der Waals surface area contributed by atoms with Gasteiger partial charge in [-0.3, -0.25) is 9.59 Å². The molecule has 4 fully saturated rings. The van der Waals surface area contributed by atoms with E-state index in [2.05, 4.69) is 0 Å². The molecule has 4 atom stereocenters. The van der Waals surface area contributed by atoms with Gasteiger partial charge >= 0.3 is 23.9 Å². The number of carbonyl (C=O) groups excluding carboxylic acids is 3. The largest absolute Gasteiger partial charge is 0.478 e. The minimum atomic E-state index is -1.21. The van der Waals surface area contributed by atoms with Crippen LogP contribution in [0.1, 0.15) is 114 Å². The number of esters is 3. The van der Waals surface area contributed by atoms with Gasteiger partial charge in [0.1, 0.15) is 18.3 Å². The monoisotopic (exact) mass is 574 g/mol. The lowest BCUT2D eigenvalue weighted by atomic mass is 9.52. The number of hydrogen-bond donors (Lipinski definition) is 2. The van der Waals surface area contributed by atoms with Gasteiger partial charge in [-0.05, 0) is 89.7 Å². The lowest BCUT2D eigenvalue weighted by molar-refractivity contribution is -0.225. The normalized spacial score (nSPS) is 27.6. The highest BCUT2D eigenvalue weighted by atomic mass is 16.6. The molecule has 0 aliphatic heterocycles. The van der Waals surface area contributed by atoms with Crippen molar-refractivity contribution in [3.63, 3.8) is 0 Å². The van der Waals surface area contributed by atoms with Crippen LogP contribution in [0.15, 0.2) is 24.3 Å². The van der Waals surface area contributed by atoms with E-state index in [9.17, 15) is 24.3 Å². The molecule has 9 heteroatoms. The van der Waals surface area contributed by atoms with Crippen molar-refractivity contribution in [2.24, 2.45) is 23.2 Å². The van der Waals surface area contributed by atoms with E-state index in [1.54, 1.807) is 19.9 Å². The molecule has 2 N–H and O–H groups in total. The first-order valence-corrected chi connectivity index (χ1v) is 14.8. The molecule has 1 aromatic rings. The van der Waals surface area contributed by atoms with Crippen LogP contribution in [0.5, 0.6) is 0 Å². The van der Waals surface area contributed by atoms with Gasteiger partial charge in [0.15, 0.2) is 0 Å². The van der Waals surface area contributed by atoms with E-state index in [1.807, 2.05) is 27.7 Å². The number of hydrogen-bond acceptors (Lipinski definition) is 8. The van der Waals surface area contributed by atoms with E-state index in [0.29, 0.717) is 24.7 Å². The van der Waals surface area contributed by atoms with Gasteiger partial charge in [0.25, 0.3) is 0 Å². The van der Waals surface area contributed by atoms with Crippen molar-refractivity contribution in [1.29, 1.82) is 0 Å². The molecule has 0 heterocycles. The Morgan fingerprint density at radius 2 is 1.59 bits per heavy atom. The van der Waals surface area contributed by atoms with Gasteiger partial charge in [0, 0.05) is 6.42 Å². The highest BCUT2D eigenvalue weighted by Gasteiger charge is 2.59. The fourth-order valence-corrected chi connectivity index (χ4v) is 6.37. The molecule has 4 aliphatic carbocycles. The Kier molecular flexibility index (Phi) is 10.3. The SMILES string of the molecule is CCC(C)(C)C(=O)OC12CC3CC(CC(O)(C3)C1)C2.CCC(C)C(=O)OCC(C)OC(=O)c1ccccc1C(=O)O. The molecule has 228 valence electrons. The zero-order valence-corrected chi connectivity index (χ0v) is 25.2. The third kappa shape index (κ3) is 8.09. The maximum Gasteiger partial charge on any atom is 0.339 e. The van der Waals surface area contributed by atoms with Gasteiger partial charge in [0.2, 0.25) is 0 Å². The van der Waals surface area contributed by atoms with Gasteiger partial charge in [-0.1, -0.05) is 32.9 Å². The number of benzene rings is 1. The number of rotatable bonds is 10. The van der Waals surface area contributed by atoms with Crippen LogP contribution in [0.3, 0.4) is 0 Å². The molecule has 0 saturated heterocycles. The minimum absolute atomic E-state index is 0.0323. The van der Waals surface area contributed by atoms with Gasteiger partial charge < -0.3 is 24.4 Å². The highest BCUT2D eigenvalue weighted by molar-refractivity contribution is 6.02. The van der Waals surface area contributed by atoms with Crippen LogP contribution in [-0.4, -0.2) is 58.0 Å². The summed E-state index contributed by atoms with van der Waals surface area (Å²) in [5.74, 6) is -1.49. The number of carboxylic acids is 1. The zero-order chi connectivity index (χ0) is 30.6. The average molecular weight is 575 g/mol. The Labute approximate surface area is 242 Å². The van der Waals surface area contributed by atoms with Crippen molar-refractivity contribution in [2.75, 3.05) is 6.61 Å². The first-order chi connectivity index (χ1) is 19.1. The Hall–Kier alpha value is -2.94. The van der Waals surface area contributed by atoms with Crippen LogP contribution in [-0.2, 0) is 23.8 Å². The minimum Gasteiger partial charge on any atom is -0.478 e. The summed E-state index contributed by atoms with van der Waals surface area (Å²) < 4.78 is 16.1. The van der Waals surface area contributed by atoms with E-state index in [1.165, 1.54) is 24.6 Å². The van der Waals surface area contributed by atoms with Crippen molar-refractivity contribution in [3.8, 4) is 0 Å². The average Bonchev–Trinajstić information content (AvgIpc) is 2.89. The summed E-state index contributed by atoms with van der Waals surface area (Å²) in [5.41, 5.74) is -1.49. The maximum absolute atomic E-state index is 12.4. The van der Waals surface area contributed by atoms with Crippen molar-refractivity contribution >= 4 is 23.9 Å². The van der Waals surface area contributed by atoms with Crippen LogP contribution in [0, 0.1) is 23.2 Å². The number of ether oxygens (including phenoxy) is 3. The highest BCUT2D eigenvalue weighted by Crippen LogP contribution is 2.59. The Morgan fingerprint density at radius 3 is 2.10 bits per heavy atom. The van der Waals surface area contributed by atoms with Crippen LogP contribution >= 0.6 is 0 Å². The first kappa shape index (κ1) is 32.6. The van der Waals surface area contributed by atoms with Crippen molar-refractivity contribution < 1.29 is 43.6 Å². The van der Waals surface area contributed by atoms with E-state index < -0.39 is 29.1 Å². The Bertz CT molecular complexity index is 1110. The molecule has 0 radical (unpaired) electrons. The molecule has 0 spiro atoms. The predicted octanol–water partition coefficient (Wildman–Crippen LogP) is 5.57. The topological polar surface area (TPSA) is 136 Å². The molecule has 0 amide bonds. The molecule has 41 heavy (non-hydrogen) atoms. The van der Waals surface area contributed by atoms with Crippen LogP contribution in [0.2, 0.25) is 0 Å². The Balaban J connectivity index is 0.000000227. The number of aliphatic hydroxyl groups is 1. The summed E-state index contributed by atoms with van der Waals surface area (Å²) in [6.07, 6.45) is 6.45. The van der Waals surface area contributed by atoms with Crippen molar-refractivity contribution in [1.82, 2.24) is 0 Å². The van der Waals surface area contributed by atoms with Crippen LogP contribution < -0.4 is 0 Å². The molecule has 4 aliphatic rings. The second kappa shape index (κ2) is 12.9. The standard InChI is InChI=1S/C16H20O6.C16H26O3/c1-4-10(2)15(19)21-9-11(3)22-16(20)13-8-6-5-7-12(13)14(17)18;1-4-14(2,3)13(17)19-16-8-11-5-12(9-16)7-15(18,6-11)10-16/h5-8,10-11H,4,9H2,1-3H3,(H,17,18);11-12,18H,4-10H2,1-3H3. The molecule has 0 aromatic heterocycles. The zero-order valence-electron chi connectivity index (χ0n) is 25.2. The maximum atomic E-state index is 12.4. The fourth-order valence-electron chi connectivity index (χ4n) is 6.37. The summed E-state index contributed by atoms with van der Waals surface area (Å²) in [6.45, 7) is 11.1. The summed E-state index contributed by atoms with van der Waals surface area (Å²) >= 11 is 0. The number of carboxylic acid groups (broad SMARTS) is 1. The third-order valence-corrected chi connectivity index (χ3v) is 8.88. The van der Waals surface area contributed by atoms with Crippen molar-refractivity contribution in [3.05, 3.63) is 35.4 Å². The molecular weight excluding hydrogens is 528 g/mol. The quantitative estimate of drug-likeness (QED) is 0.271. The fraction of sp³-hybridized carbons (Fsp3) is 0.688. The molecule has 5 rings (SSSR count). The molecule has 1 aromatic carbocycles. The second-order valence-electron chi connectivity index (χ2n) is 13.0. The molecule has 9 nitrogen and oxygen atoms in total. The predicted molar refractivity (Wildman–Crippen MR) is 151 cm³/mol. The van der Waals surface area contributed by atoms with Gasteiger partial charge in [-0.2, -0.15) is 0 Å².